The average molecular weight is 327 g/mol. The van der Waals surface area contributed by atoms with Crippen LogP contribution in [0.5, 0.6) is 11.5 Å². The van der Waals surface area contributed by atoms with Crippen LogP contribution in [0.15, 0.2) is 43.0 Å². The van der Waals surface area contributed by atoms with Gasteiger partial charge in [0.05, 0.1) is 5.54 Å². The van der Waals surface area contributed by atoms with Gasteiger partial charge in [-0.3, -0.25) is 9.69 Å². The minimum atomic E-state index is -0.412. The predicted molar refractivity (Wildman–Crippen MR) is 94.4 cm³/mol. The van der Waals surface area contributed by atoms with E-state index in [-0.39, 0.29) is 5.78 Å². The molecule has 2 heterocycles. The molecule has 0 radical (unpaired) electrons. The highest BCUT2D eigenvalue weighted by Crippen LogP contribution is 2.36. The third kappa shape index (κ3) is 3.11. The van der Waals surface area contributed by atoms with Gasteiger partial charge in [0.25, 0.3) is 0 Å². The van der Waals surface area contributed by atoms with Gasteiger partial charge in [0, 0.05) is 6.54 Å². The molecule has 0 bridgehead atoms. The van der Waals surface area contributed by atoms with Gasteiger partial charge in [-0.25, -0.2) is 0 Å². The number of likely N-dealkylation sites (tertiary alicyclic amines) is 1. The van der Waals surface area contributed by atoms with Crippen LogP contribution >= 0.6 is 0 Å². The first kappa shape index (κ1) is 16.8. The van der Waals surface area contributed by atoms with Crippen LogP contribution in [0.4, 0.5) is 0 Å². The topological polar surface area (TPSA) is 38.8 Å². The summed E-state index contributed by atoms with van der Waals surface area (Å²) in [5.74, 6) is 1.83. The maximum Gasteiger partial charge on any atom is 0.231 e. The van der Waals surface area contributed by atoms with Crippen LogP contribution in [0, 0.1) is 0 Å². The number of ketones is 1. The van der Waals surface area contributed by atoms with Gasteiger partial charge >= 0.3 is 0 Å². The summed E-state index contributed by atoms with van der Waals surface area (Å²) in [6.07, 6.45) is 8.97. The molecular formula is C20H25NO3. The quantitative estimate of drug-likeness (QED) is 0.567. The van der Waals surface area contributed by atoms with E-state index in [1.807, 2.05) is 31.2 Å². The summed E-state index contributed by atoms with van der Waals surface area (Å²) in [6, 6.07) is 6.08. The molecule has 1 saturated heterocycles. The zero-order chi connectivity index (χ0) is 17.0. The van der Waals surface area contributed by atoms with Crippen LogP contribution in [0.2, 0.25) is 0 Å². The second-order valence-electron chi connectivity index (χ2n) is 6.42. The van der Waals surface area contributed by atoms with Gasteiger partial charge in [0.2, 0.25) is 6.79 Å². The lowest BCUT2D eigenvalue weighted by Gasteiger charge is -2.36. The molecular weight excluding hydrogens is 302 g/mol. The number of hydrogen-bond acceptors (Lipinski definition) is 4. The second-order valence-corrected chi connectivity index (χ2v) is 6.42. The van der Waals surface area contributed by atoms with Crippen molar-refractivity contribution in [2.24, 2.45) is 0 Å². The maximum absolute atomic E-state index is 12.7. The maximum atomic E-state index is 12.7. The number of benzene rings is 1. The summed E-state index contributed by atoms with van der Waals surface area (Å²) in [4.78, 5) is 15.1. The van der Waals surface area contributed by atoms with Gasteiger partial charge in [-0.2, -0.15) is 0 Å². The van der Waals surface area contributed by atoms with E-state index in [9.17, 15) is 4.79 Å². The number of rotatable bonds is 7. The summed E-state index contributed by atoms with van der Waals surface area (Å²) < 4.78 is 10.8. The number of ether oxygens (including phenoxy) is 2. The molecule has 1 atom stereocenters. The molecule has 0 spiro atoms. The molecule has 1 fully saturated rings. The van der Waals surface area contributed by atoms with Crippen LogP contribution in [0.1, 0.15) is 31.7 Å². The standard InChI is InChI=1S/C20H25NO3/c1-3-6-19(22)20(10-4-2)11-5-12-21(20)13-9-16-7-8-17-18(14-16)24-15-23-17/h3-4,6-8,14H,2,5,9-13,15H2,1H3/b6-3+/t20-/m0/s1. The molecule has 0 unspecified atom stereocenters. The molecule has 2 aliphatic rings. The summed E-state index contributed by atoms with van der Waals surface area (Å²) in [5, 5.41) is 0. The zero-order valence-electron chi connectivity index (χ0n) is 14.3. The first-order valence-corrected chi connectivity index (χ1v) is 8.61. The fourth-order valence-corrected chi connectivity index (χ4v) is 3.78. The third-order valence-electron chi connectivity index (χ3n) is 4.99. The SMILES string of the molecule is C=CC[C@@]1(C(=O)/C=C/C)CCCN1CCc1ccc2c(c1)OCO2. The van der Waals surface area contributed by atoms with Crippen LogP contribution < -0.4 is 9.47 Å². The molecule has 24 heavy (non-hydrogen) atoms. The molecule has 0 amide bonds. The number of carbonyl (C=O) groups excluding carboxylic acids is 1. The summed E-state index contributed by atoms with van der Waals surface area (Å²) >= 11 is 0. The van der Waals surface area contributed by atoms with Crippen LogP contribution in [-0.4, -0.2) is 36.1 Å². The average Bonchev–Trinajstić information content (AvgIpc) is 3.20. The normalized spacial score (nSPS) is 23.0. The van der Waals surface area contributed by atoms with Crippen molar-refractivity contribution in [3.8, 4) is 11.5 Å². The van der Waals surface area contributed by atoms with Crippen molar-refractivity contribution in [2.45, 2.75) is 38.1 Å². The summed E-state index contributed by atoms with van der Waals surface area (Å²) in [7, 11) is 0. The number of nitrogens with zero attached hydrogens (tertiary/aromatic N) is 1. The van der Waals surface area contributed by atoms with Crippen molar-refractivity contribution >= 4 is 5.78 Å². The van der Waals surface area contributed by atoms with E-state index < -0.39 is 5.54 Å². The molecule has 128 valence electrons. The Morgan fingerprint density at radius 1 is 1.38 bits per heavy atom. The van der Waals surface area contributed by atoms with E-state index in [2.05, 4.69) is 17.5 Å². The van der Waals surface area contributed by atoms with Crippen LogP contribution in [0.3, 0.4) is 0 Å². The van der Waals surface area contributed by atoms with Gasteiger partial charge in [0.15, 0.2) is 17.3 Å². The van der Waals surface area contributed by atoms with Crippen molar-refractivity contribution in [3.63, 3.8) is 0 Å². The van der Waals surface area contributed by atoms with E-state index >= 15 is 0 Å². The highest BCUT2D eigenvalue weighted by atomic mass is 16.7. The highest BCUT2D eigenvalue weighted by molar-refractivity contribution is 5.98. The number of allylic oxidation sites excluding steroid dienone is 1. The first-order valence-electron chi connectivity index (χ1n) is 8.61. The van der Waals surface area contributed by atoms with E-state index in [0.717, 1.165) is 43.9 Å². The molecule has 2 aliphatic heterocycles. The van der Waals surface area contributed by atoms with Crippen molar-refractivity contribution in [1.29, 1.82) is 0 Å². The van der Waals surface area contributed by atoms with Gasteiger partial charge in [-0.15, -0.1) is 6.58 Å². The van der Waals surface area contributed by atoms with Crippen molar-refractivity contribution in [1.82, 2.24) is 4.90 Å². The minimum absolute atomic E-state index is 0.202. The van der Waals surface area contributed by atoms with Gasteiger partial charge in [-0.1, -0.05) is 18.2 Å². The lowest BCUT2D eigenvalue weighted by Crippen LogP contribution is -2.50. The Kier molecular flexibility index (Phi) is 5.05. The summed E-state index contributed by atoms with van der Waals surface area (Å²) in [6.45, 7) is 7.88. The van der Waals surface area contributed by atoms with E-state index in [0.29, 0.717) is 13.2 Å². The number of carbonyl (C=O) groups is 1. The Balaban J connectivity index is 1.72. The van der Waals surface area contributed by atoms with Gasteiger partial charge in [0.1, 0.15) is 0 Å². The molecule has 1 aromatic carbocycles. The van der Waals surface area contributed by atoms with E-state index in [4.69, 9.17) is 9.47 Å². The molecule has 0 saturated carbocycles. The molecule has 0 aliphatic carbocycles. The van der Waals surface area contributed by atoms with Crippen LogP contribution in [-0.2, 0) is 11.2 Å². The largest absolute Gasteiger partial charge is 0.454 e. The van der Waals surface area contributed by atoms with Crippen LogP contribution in [0.25, 0.3) is 0 Å². The Morgan fingerprint density at radius 2 is 2.21 bits per heavy atom. The fourth-order valence-electron chi connectivity index (χ4n) is 3.78. The first-order chi connectivity index (χ1) is 11.7. The van der Waals surface area contributed by atoms with Gasteiger partial charge in [-0.05, 0) is 62.9 Å². The summed E-state index contributed by atoms with van der Waals surface area (Å²) in [5.41, 5.74) is 0.794. The molecule has 0 aromatic heterocycles. The van der Waals surface area contributed by atoms with Gasteiger partial charge < -0.3 is 9.47 Å². The zero-order valence-corrected chi connectivity index (χ0v) is 14.3. The monoisotopic (exact) mass is 327 g/mol. The Morgan fingerprint density at radius 3 is 3.00 bits per heavy atom. The molecule has 4 heteroatoms. The number of hydrogen-bond donors (Lipinski definition) is 0. The Hall–Kier alpha value is -2.07. The number of fused-ring (bicyclic) bond motifs is 1. The molecule has 3 rings (SSSR count). The second kappa shape index (κ2) is 7.22. The lowest BCUT2D eigenvalue weighted by atomic mass is 9.86. The fraction of sp³-hybridized carbons (Fsp3) is 0.450. The smallest absolute Gasteiger partial charge is 0.231 e. The Labute approximate surface area is 143 Å². The Bertz CT molecular complexity index is 652. The molecule has 4 nitrogen and oxygen atoms in total. The predicted octanol–water partition coefficient (Wildman–Crippen LogP) is 3.51. The minimum Gasteiger partial charge on any atom is -0.454 e. The molecule has 0 N–H and O–H groups in total. The van der Waals surface area contributed by atoms with Crippen molar-refractivity contribution < 1.29 is 14.3 Å². The third-order valence-corrected chi connectivity index (χ3v) is 4.99. The van der Waals surface area contributed by atoms with Crippen molar-refractivity contribution in [2.75, 3.05) is 19.9 Å². The van der Waals surface area contributed by atoms with Crippen molar-refractivity contribution in [3.05, 3.63) is 48.6 Å². The van der Waals surface area contributed by atoms with E-state index in [1.54, 1.807) is 6.08 Å². The lowest BCUT2D eigenvalue weighted by molar-refractivity contribution is -0.124. The molecule has 1 aromatic rings. The highest BCUT2D eigenvalue weighted by Gasteiger charge is 2.44. The van der Waals surface area contributed by atoms with E-state index in [1.165, 1.54) is 5.56 Å².